The number of carbonyl (C=O) groups excluding carboxylic acids is 2. The number of nitrogens with one attached hydrogen (secondary N) is 2. The molecule has 0 radical (unpaired) electrons. The minimum Gasteiger partial charge on any atom is -0.364 e. The fourth-order valence-electron chi connectivity index (χ4n) is 3.91. The minimum absolute atomic E-state index is 0.0217. The van der Waals surface area contributed by atoms with Gasteiger partial charge in [0.05, 0.1) is 6.42 Å². The average molecular weight is 425 g/mol. The number of halogens is 1. The van der Waals surface area contributed by atoms with Crippen molar-refractivity contribution < 1.29 is 14.0 Å². The topological polar surface area (TPSA) is 91.5 Å². The van der Waals surface area contributed by atoms with Gasteiger partial charge in [0.1, 0.15) is 12.1 Å². The minimum atomic E-state index is -0.675. The number of unbranched alkanes of at least 4 members (excludes halogenated alkanes) is 2. The number of hydrogen-bond acceptors (Lipinski definition) is 4. The van der Waals surface area contributed by atoms with Crippen molar-refractivity contribution in [2.24, 2.45) is 0 Å². The molecule has 0 saturated heterocycles. The van der Waals surface area contributed by atoms with Gasteiger partial charge >= 0.3 is 0 Å². The second kappa shape index (κ2) is 11.3. The molecule has 164 valence electrons. The molecular weight excluding hydrogens is 395 g/mol. The van der Waals surface area contributed by atoms with Crippen LogP contribution in [-0.4, -0.2) is 31.7 Å². The summed E-state index contributed by atoms with van der Waals surface area (Å²) >= 11 is 0. The van der Waals surface area contributed by atoms with Crippen LogP contribution in [0, 0.1) is 5.82 Å². The first kappa shape index (κ1) is 22.6. The van der Waals surface area contributed by atoms with E-state index in [-0.39, 0.29) is 18.1 Å². The van der Waals surface area contributed by atoms with E-state index in [1.54, 1.807) is 0 Å². The summed E-state index contributed by atoms with van der Waals surface area (Å²) in [5.41, 5.74) is 3.06. The molecule has 0 fully saturated rings. The number of aromatic nitrogens is 4. The van der Waals surface area contributed by atoms with E-state index in [4.69, 9.17) is 0 Å². The summed E-state index contributed by atoms with van der Waals surface area (Å²) in [4.78, 5) is 31.6. The molecule has 0 spiro atoms. The molecule has 6 nitrogen and oxygen atoms in total. The predicted octanol–water partition coefficient (Wildman–Crippen LogP) is 4.95. The molecule has 0 aliphatic rings. The molecular formula is C24H29FN4O2. The lowest BCUT2D eigenvalue weighted by molar-refractivity contribution is -0.114. The Hall–Kier alpha value is -3.09. The molecule has 3 aromatic rings. The Labute approximate surface area is 181 Å². The Kier molecular flexibility index (Phi) is 8.27. The molecule has 1 unspecified atom stereocenters. The van der Waals surface area contributed by atoms with Crippen molar-refractivity contribution in [3.05, 3.63) is 71.3 Å². The van der Waals surface area contributed by atoms with Crippen LogP contribution in [0.4, 0.5) is 4.39 Å². The molecule has 0 aliphatic heterocycles. The van der Waals surface area contributed by atoms with Crippen LogP contribution in [0.2, 0.25) is 0 Å². The Balaban J connectivity index is 1.59. The lowest BCUT2D eigenvalue weighted by Crippen LogP contribution is -2.19. The van der Waals surface area contributed by atoms with Gasteiger partial charge < -0.3 is 4.98 Å². The number of hydrogen-bond donors (Lipinski definition) is 2. The highest BCUT2D eigenvalue weighted by atomic mass is 19.1. The van der Waals surface area contributed by atoms with E-state index < -0.39 is 11.6 Å². The van der Waals surface area contributed by atoms with Crippen molar-refractivity contribution in [2.75, 3.05) is 0 Å². The summed E-state index contributed by atoms with van der Waals surface area (Å²) < 4.78 is 13.1. The number of H-pyrrole nitrogens is 2. The Morgan fingerprint density at radius 1 is 1.06 bits per heavy atom. The molecule has 0 aliphatic carbocycles. The summed E-state index contributed by atoms with van der Waals surface area (Å²) in [6.07, 6.45) is 10.4. The summed E-state index contributed by atoms with van der Waals surface area (Å²) in [6, 6.07) is 8.71. The fourth-order valence-corrected chi connectivity index (χ4v) is 3.91. The largest absolute Gasteiger partial charge is 0.364 e. The molecule has 0 amide bonds. The third-order valence-electron chi connectivity index (χ3n) is 5.60. The Morgan fingerprint density at radius 3 is 2.55 bits per heavy atom. The fraction of sp³-hybridized carbons (Fsp3) is 0.417. The van der Waals surface area contributed by atoms with Gasteiger partial charge in [0.25, 0.3) is 5.78 Å². The van der Waals surface area contributed by atoms with E-state index >= 15 is 0 Å². The zero-order valence-electron chi connectivity index (χ0n) is 17.9. The third-order valence-corrected chi connectivity index (χ3v) is 5.60. The molecule has 0 bridgehead atoms. The number of aryl methyl sites for hydroxylation is 1. The first-order chi connectivity index (χ1) is 15.1. The highest BCUT2D eigenvalue weighted by Gasteiger charge is 2.23. The van der Waals surface area contributed by atoms with Gasteiger partial charge in [-0.25, -0.2) is 9.37 Å². The number of nitrogens with zero attached hydrogens (tertiary/aromatic N) is 2. The molecule has 7 heteroatoms. The van der Waals surface area contributed by atoms with Crippen molar-refractivity contribution in [3.63, 3.8) is 0 Å². The van der Waals surface area contributed by atoms with E-state index in [2.05, 4.69) is 27.1 Å². The number of Topliss-reactive ketones (excluding diaryl/α,β-unsaturated/α-hetero) is 2. The van der Waals surface area contributed by atoms with Gasteiger partial charge in [-0.1, -0.05) is 38.3 Å². The van der Waals surface area contributed by atoms with Crippen LogP contribution in [0.15, 0.2) is 42.9 Å². The SMILES string of the molecule is CCCCC(CCCCc1ccc(F)cc1)c1cc[nH]c1CC(=O)C(=O)c1nc[nH]n1. The highest BCUT2D eigenvalue weighted by Crippen LogP contribution is 2.30. The van der Waals surface area contributed by atoms with E-state index in [1.165, 1.54) is 18.5 Å². The summed E-state index contributed by atoms with van der Waals surface area (Å²) in [6.45, 7) is 2.17. The Morgan fingerprint density at radius 2 is 1.84 bits per heavy atom. The monoisotopic (exact) mass is 424 g/mol. The quantitative estimate of drug-likeness (QED) is 0.231. The average Bonchev–Trinajstić information content (AvgIpc) is 3.46. The smallest absolute Gasteiger partial charge is 0.267 e. The standard InChI is InChI=1S/C24H29FN4O2/c1-2-3-7-18(8-5-4-6-17-9-11-19(25)12-10-17)20-13-14-26-21(20)15-22(30)23(31)24-27-16-28-29-24/h9-14,16,18,26H,2-8,15H2,1H3,(H,27,28,29). The molecule has 31 heavy (non-hydrogen) atoms. The molecule has 2 heterocycles. The number of aromatic amines is 2. The van der Waals surface area contributed by atoms with Crippen LogP contribution >= 0.6 is 0 Å². The van der Waals surface area contributed by atoms with Crippen molar-refractivity contribution in [1.82, 2.24) is 20.2 Å². The van der Waals surface area contributed by atoms with Crippen LogP contribution in [0.3, 0.4) is 0 Å². The van der Waals surface area contributed by atoms with Crippen molar-refractivity contribution in [2.45, 2.75) is 64.2 Å². The maximum Gasteiger partial charge on any atom is 0.267 e. The van der Waals surface area contributed by atoms with Gasteiger partial charge in [0, 0.05) is 11.9 Å². The van der Waals surface area contributed by atoms with Gasteiger partial charge in [0.2, 0.25) is 11.6 Å². The second-order valence-corrected chi connectivity index (χ2v) is 7.87. The first-order valence-corrected chi connectivity index (χ1v) is 10.9. The van der Waals surface area contributed by atoms with Gasteiger partial charge in [0.15, 0.2) is 0 Å². The first-order valence-electron chi connectivity index (χ1n) is 10.9. The number of ketones is 2. The van der Waals surface area contributed by atoms with E-state index in [0.29, 0.717) is 5.92 Å². The molecule has 2 N–H and O–H groups in total. The number of benzene rings is 1. The lowest BCUT2D eigenvalue weighted by Gasteiger charge is -2.18. The van der Waals surface area contributed by atoms with Crippen molar-refractivity contribution in [1.29, 1.82) is 0 Å². The number of carbonyl (C=O) groups is 2. The van der Waals surface area contributed by atoms with Crippen molar-refractivity contribution >= 4 is 11.6 Å². The maximum absolute atomic E-state index is 13.1. The molecule has 1 aromatic carbocycles. The van der Waals surface area contributed by atoms with Crippen LogP contribution in [0.5, 0.6) is 0 Å². The molecule has 0 saturated carbocycles. The van der Waals surface area contributed by atoms with Crippen LogP contribution < -0.4 is 0 Å². The van der Waals surface area contributed by atoms with Gasteiger partial charge in [-0.15, -0.1) is 5.10 Å². The third kappa shape index (κ3) is 6.44. The maximum atomic E-state index is 13.1. The van der Waals surface area contributed by atoms with E-state index in [9.17, 15) is 14.0 Å². The van der Waals surface area contributed by atoms with Gasteiger partial charge in [-0.3, -0.25) is 14.7 Å². The zero-order valence-corrected chi connectivity index (χ0v) is 17.9. The van der Waals surface area contributed by atoms with Gasteiger partial charge in [-0.2, -0.15) is 0 Å². The normalized spacial score (nSPS) is 12.1. The molecule has 2 aromatic heterocycles. The number of rotatable bonds is 13. The van der Waals surface area contributed by atoms with Gasteiger partial charge in [-0.05, 0) is 60.9 Å². The zero-order chi connectivity index (χ0) is 22.1. The molecule has 1 atom stereocenters. The van der Waals surface area contributed by atoms with Crippen LogP contribution in [0.1, 0.15) is 78.8 Å². The second-order valence-electron chi connectivity index (χ2n) is 7.87. The summed E-state index contributed by atoms with van der Waals surface area (Å²) in [5.74, 6) is -1.17. The van der Waals surface area contributed by atoms with E-state index in [0.717, 1.165) is 61.8 Å². The summed E-state index contributed by atoms with van der Waals surface area (Å²) in [7, 11) is 0. The highest BCUT2D eigenvalue weighted by molar-refractivity contribution is 6.43. The van der Waals surface area contributed by atoms with Crippen LogP contribution in [0.25, 0.3) is 0 Å². The Bertz CT molecular complexity index is 964. The summed E-state index contributed by atoms with van der Waals surface area (Å²) in [5, 5.41) is 6.17. The molecule has 3 rings (SSSR count). The van der Waals surface area contributed by atoms with Crippen molar-refractivity contribution in [3.8, 4) is 0 Å². The predicted molar refractivity (Wildman–Crippen MR) is 116 cm³/mol. The van der Waals surface area contributed by atoms with E-state index in [1.807, 2.05) is 24.4 Å². The van der Waals surface area contributed by atoms with Crippen LogP contribution in [-0.2, 0) is 17.6 Å². The lowest BCUT2D eigenvalue weighted by atomic mass is 9.87.